The summed E-state index contributed by atoms with van der Waals surface area (Å²) in [5.74, 6) is -1.76. The first-order valence-corrected chi connectivity index (χ1v) is 6.56. The minimum Gasteiger partial charge on any atom is -0.480 e. The van der Waals surface area contributed by atoms with Gasteiger partial charge >= 0.3 is 5.97 Å². The van der Waals surface area contributed by atoms with Crippen LogP contribution in [-0.2, 0) is 9.59 Å². The molecule has 1 aromatic rings. The molecular formula is C15H19NO3. The third-order valence-corrected chi connectivity index (χ3v) is 4.29. The van der Waals surface area contributed by atoms with E-state index in [1.54, 1.807) is 0 Å². The Morgan fingerprint density at radius 1 is 1.32 bits per heavy atom. The molecule has 1 saturated carbocycles. The number of carbonyl (C=O) groups excluding carboxylic acids is 1. The molecule has 3 atom stereocenters. The summed E-state index contributed by atoms with van der Waals surface area (Å²) in [5.41, 5.74) is 4.88. The molecule has 4 nitrogen and oxygen atoms in total. The normalized spacial score (nSPS) is 30.8. The van der Waals surface area contributed by atoms with Crippen LogP contribution in [0.5, 0.6) is 0 Å². The van der Waals surface area contributed by atoms with Crippen LogP contribution in [0.1, 0.15) is 37.7 Å². The number of hydrogen-bond acceptors (Lipinski definition) is 2. The molecule has 19 heavy (non-hydrogen) atoms. The molecule has 0 aliphatic heterocycles. The van der Waals surface area contributed by atoms with Gasteiger partial charge in [0.2, 0.25) is 5.91 Å². The van der Waals surface area contributed by atoms with Crippen LogP contribution < -0.4 is 5.73 Å². The average Bonchev–Trinajstić information content (AvgIpc) is 2.39. The quantitative estimate of drug-likeness (QED) is 0.818. The molecule has 2 rings (SSSR count). The number of amides is 1. The van der Waals surface area contributed by atoms with E-state index >= 15 is 0 Å². The lowest BCUT2D eigenvalue weighted by atomic mass is 9.61. The smallest absolute Gasteiger partial charge is 0.319 e. The van der Waals surface area contributed by atoms with E-state index in [0.29, 0.717) is 18.8 Å². The van der Waals surface area contributed by atoms with Crippen LogP contribution in [0.25, 0.3) is 0 Å². The van der Waals surface area contributed by atoms with Crippen molar-refractivity contribution in [2.24, 2.45) is 17.1 Å². The Hall–Kier alpha value is -1.84. The maximum absolute atomic E-state index is 11.8. The van der Waals surface area contributed by atoms with E-state index in [4.69, 9.17) is 5.73 Å². The van der Waals surface area contributed by atoms with Crippen molar-refractivity contribution in [2.75, 3.05) is 0 Å². The Kier molecular flexibility index (Phi) is 3.60. The molecule has 0 aromatic heterocycles. The molecule has 3 unspecified atom stereocenters. The number of carboxylic acid groups (broad SMARTS) is 1. The first kappa shape index (κ1) is 13.6. The van der Waals surface area contributed by atoms with Crippen molar-refractivity contribution >= 4 is 11.9 Å². The molecular weight excluding hydrogens is 242 g/mol. The van der Waals surface area contributed by atoms with E-state index in [2.05, 4.69) is 6.92 Å². The van der Waals surface area contributed by atoms with Crippen LogP contribution in [0.3, 0.4) is 0 Å². The highest BCUT2D eigenvalue weighted by Gasteiger charge is 2.54. The van der Waals surface area contributed by atoms with Gasteiger partial charge in [0.25, 0.3) is 0 Å². The molecule has 0 heterocycles. The Balaban J connectivity index is 2.50. The second-order valence-corrected chi connectivity index (χ2v) is 5.48. The minimum atomic E-state index is -1.46. The zero-order valence-electron chi connectivity index (χ0n) is 11.0. The molecule has 0 saturated heterocycles. The van der Waals surface area contributed by atoms with Gasteiger partial charge < -0.3 is 10.8 Å². The van der Waals surface area contributed by atoms with Crippen LogP contribution in [0.15, 0.2) is 30.3 Å². The van der Waals surface area contributed by atoms with E-state index in [1.165, 1.54) is 0 Å². The van der Waals surface area contributed by atoms with Crippen LogP contribution in [0.2, 0.25) is 0 Å². The van der Waals surface area contributed by atoms with Crippen molar-refractivity contribution in [3.8, 4) is 0 Å². The van der Waals surface area contributed by atoms with E-state index < -0.39 is 17.3 Å². The van der Waals surface area contributed by atoms with Gasteiger partial charge in [-0.15, -0.1) is 0 Å². The molecule has 1 fully saturated rings. The number of aliphatic carboxylic acids is 1. The second kappa shape index (κ2) is 5.03. The molecule has 1 aliphatic carbocycles. The largest absolute Gasteiger partial charge is 0.480 e. The van der Waals surface area contributed by atoms with Gasteiger partial charge in [-0.1, -0.05) is 37.3 Å². The van der Waals surface area contributed by atoms with Crippen molar-refractivity contribution < 1.29 is 14.7 Å². The monoisotopic (exact) mass is 261 g/mol. The van der Waals surface area contributed by atoms with E-state index in [1.807, 2.05) is 30.3 Å². The molecule has 3 N–H and O–H groups in total. The lowest BCUT2D eigenvalue weighted by Crippen LogP contribution is -2.50. The number of hydrogen-bond donors (Lipinski definition) is 2. The Morgan fingerprint density at radius 2 is 1.95 bits per heavy atom. The minimum absolute atomic E-state index is 0.318. The number of nitrogens with two attached hydrogens (primary N) is 1. The van der Waals surface area contributed by atoms with Gasteiger partial charge in [-0.25, -0.2) is 0 Å². The van der Waals surface area contributed by atoms with Gasteiger partial charge in [-0.3, -0.25) is 9.59 Å². The predicted octanol–water partition coefficient (Wildman–Crippen LogP) is 2.15. The fourth-order valence-electron chi connectivity index (χ4n) is 3.13. The lowest BCUT2D eigenvalue weighted by molar-refractivity contribution is -0.159. The molecule has 4 heteroatoms. The van der Waals surface area contributed by atoms with Gasteiger partial charge in [0, 0.05) is 5.92 Å². The maximum Gasteiger partial charge on any atom is 0.319 e. The van der Waals surface area contributed by atoms with Crippen LogP contribution >= 0.6 is 0 Å². The number of carboxylic acids is 1. The van der Waals surface area contributed by atoms with Crippen LogP contribution in [-0.4, -0.2) is 17.0 Å². The topological polar surface area (TPSA) is 80.4 Å². The molecule has 0 bridgehead atoms. The van der Waals surface area contributed by atoms with Crippen molar-refractivity contribution in [2.45, 2.75) is 32.1 Å². The Labute approximate surface area is 112 Å². The Morgan fingerprint density at radius 3 is 2.47 bits per heavy atom. The molecule has 1 aliphatic rings. The van der Waals surface area contributed by atoms with Crippen LogP contribution in [0.4, 0.5) is 0 Å². The van der Waals surface area contributed by atoms with Crippen LogP contribution in [0, 0.1) is 11.3 Å². The number of benzene rings is 1. The maximum atomic E-state index is 11.8. The fraction of sp³-hybridized carbons (Fsp3) is 0.467. The van der Waals surface area contributed by atoms with Crippen molar-refractivity contribution in [1.82, 2.24) is 0 Å². The van der Waals surface area contributed by atoms with Crippen molar-refractivity contribution in [1.29, 1.82) is 0 Å². The molecule has 1 aromatic carbocycles. The zero-order valence-corrected chi connectivity index (χ0v) is 11.0. The summed E-state index contributed by atoms with van der Waals surface area (Å²) in [7, 11) is 0. The van der Waals surface area contributed by atoms with E-state index in [9.17, 15) is 14.7 Å². The summed E-state index contributed by atoms with van der Waals surface area (Å²) < 4.78 is 0. The second-order valence-electron chi connectivity index (χ2n) is 5.48. The molecule has 102 valence electrons. The molecule has 0 spiro atoms. The van der Waals surface area contributed by atoms with Gasteiger partial charge in [-0.05, 0) is 30.7 Å². The van der Waals surface area contributed by atoms with Crippen molar-refractivity contribution in [3.63, 3.8) is 0 Å². The number of primary amides is 1. The fourth-order valence-corrected chi connectivity index (χ4v) is 3.13. The first-order valence-electron chi connectivity index (χ1n) is 6.56. The third-order valence-electron chi connectivity index (χ3n) is 4.29. The summed E-state index contributed by atoms with van der Waals surface area (Å²) in [6.45, 7) is 2.09. The Bertz CT molecular complexity index is 469. The number of carbonyl (C=O) groups is 2. The van der Waals surface area contributed by atoms with Gasteiger partial charge in [-0.2, -0.15) is 0 Å². The summed E-state index contributed by atoms with van der Waals surface area (Å²) >= 11 is 0. The highest BCUT2D eigenvalue weighted by atomic mass is 16.4. The van der Waals surface area contributed by atoms with Gasteiger partial charge in [0.15, 0.2) is 5.41 Å². The van der Waals surface area contributed by atoms with Crippen molar-refractivity contribution in [3.05, 3.63) is 35.9 Å². The highest BCUT2D eigenvalue weighted by Crippen LogP contribution is 2.49. The van der Waals surface area contributed by atoms with Gasteiger partial charge in [0.05, 0.1) is 0 Å². The van der Waals surface area contributed by atoms with Gasteiger partial charge in [0.1, 0.15) is 0 Å². The highest BCUT2D eigenvalue weighted by molar-refractivity contribution is 6.02. The lowest BCUT2D eigenvalue weighted by Gasteiger charge is -2.41. The zero-order chi connectivity index (χ0) is 14.0. The summed E-state index contributed by atoms with van der Waals surface area (Å²) in [5, 5.41) is 9.58. The third kappa shape index (κ3) is 2.23. The number of rotatable bonds is 3. The van der Waals surface area contributed by atoms with E-state index in [-0.39, 0.29) is 5.92 Å². The standard InChI is InChI=1S/C15H19NO3/c1-10-7-8-15(13(16)17,14(18)19)12(9-10)11-5-3-2-4-6-11/h2-6,10,12H,7-9H2,1H3,(H2,16,17)(H,18,19). The SMILES string of the molecule is CC1CCC(C(N)=O)(C(=O)O)C(c2ccccc2)C1. The average molecular weight is 261 g/mol. The van der Waals surface area contributed by atoms with E-state index in [0.717, 1.165) is 12.0 Å². The summed E-state index contributed by atoms with van der Waals surface area (Å²) in [6, 6.07) is 9.36. The molecule has 0 radical (unpaired) electrons. The summed E-state index contributed by atoms with van der Waals surface area (Å²) in [4.78, 5) is 23.6. The predicted molar refractivity (Wildman–Crippen MR) is 71.5 cm³/mol. The first-order chi connectivity index (χ1) is 8.98. The summed E-state index contributed by atoms with van der Waals surface area (Å²) in [6.07, 6.45) is 1.72. The molecule has 1 amide bonds.